The van der Waals surface area contributed by atoms with Gasteiger partial charge in [-0.3, -0.25) is 13.8 Å². The Bertz CT molecular complexity index is 406. The van der Waals surface area contributed by atoms with Crippen LogP contribution in [-0.2, 0) is 28.6 Å². The van der Waals surface area contributed by atoms with Crippen molar-refractivity contribution >= 4 is 21.8 Å². The van der Waals surface area contributed by atoms with Crippen LogP contribution in [0.4, 0.5) is 0 Å². The number of carbonyl (C=O) groups is 2. The first kappa shape index (κ1) is 19.0. The van der Waals surface area contributed by atoms with Gasteiger partial charge in [0.1, 0.15) is 5.78 Å². The molecule has 0 aliphatic carbocycles. The minimum absolute atomic E-state index is 0.0143. The largest absolute Gasteiger partial charge is 0.379 e. The first-order chi connectivity index (χ1) is 9.22. The van der Waals surface area contributed by atoms with Crippen LogP contribution in [-0.4, -0.2) is 64.2 Å². The number of ether oxygens (including phenoxy) is 1. The molecule has 0 aliphatic heterocycles. The summed E-state index contributed by atoms with van der Waals surface area (Å²) in [7, 11) is -3.42. The van der Waals surface area contributed by atoms with Gasteiger partial charge in [-0.2, -0.15) is 8.42 Å². The Kier molecular flexibility index (Phi) is 9.35. The summed E-state index contributed by atoms with van der Waals surface area (Å²) in [5, 5.41) is 0. The number of rotatable bonds is 11. The molecule has 0 spiro atoms. The highest BCUT2D eigenvalue weighted by Crippen LogP contribution is 1.97. The fourth-order valence-corrected chi connectivity index (χ4v) is 1.79. The van der Waals surface area contributed by atoms with Crippen LogP contribution in [0.3, 0.4) is 0 Å². The molecule has 0 aromatic carbocycles. The highest BCUT2D eigenvalue weighted by molar-refractivity contribution is 7.85. The standard InChI is InChI=1S/C12H23NO6S/c1-11(14)5-7-13(12(2)15)6-4-8-18-9-10-19-20(3,16)17/h4-10H2,1-3H3. The Hall–Kier alpha value is -0.990. The second-order valence-corrected chi connectivity index (χ2v) is 6.09. The number of amides is 1. The molecule has 0 fully saturated rings. The van der Waals surface area contributed by atoms with Gasteiger partial charge in [0.15, 0.2) is 0 Å². The van der Waals surface area contributed by atoms with E-state index < -0.39 is 10.1 Å². The van der Waals surface area contributed by atoms with E-state index in [4.69, 9.17) is 4.74 Å². The summed E-state index contributed by atoms with van der Waals surface area (Å²) in [5.74, 6) is -0.0305. The summed E-state index contributed by atoms with van der Waals surface area (Å²) in [5.41, 5.74) is 0. The first-order valence-corrected chi connectivity index (χ1v) is 8.21. The van der Waals surface area contributed by atoms with Crippen LogP contribution in [0.2, 0.25) is 0 Å². The molecule has 0 heterocycles. The fraction of sp³-hybridized carbons (Fsp3) is 0.833. The molecule has 8 heteroatoms. The van der Waals surface area contributed by atoms with Gasteiger partial charge in [-0.05, 0) is 13.3 Å². The quantitative estimate of drug-likeness (QED) is 0.400. The molecule has 0 bridgehead atoms. The summed E-state index contributed by atoms with van der Waals surface area (Å²) in [6.45, 7) is 4.44. The van der Waals surface area contributed by atoms with Gasteiger partial charge in [-0.1, -0.05) is 0 Å². The topological polar surface area (TPSA) is 90.0 Å². The molecule has 0 atom stereocenters. The highest BCUT2D eigenvalue weighted by atomic mass is 32.2. The molecule has 0 aliphatic rings. The van der Waals surface area contributed by atoms with Crippen LogP contribution < -0.4 is 0 Å². The van der Waals surface area contributed by atoms with Crippen molar-refractivity contribution in [3.8, 4) is 0 Å². The number of ketones is 1. The number of Topliss-reactive ketones (excluding diaryl/α,β-unsaturated/α-hetero) is 1. The predicted octanol–water partition coefficient (Wildman–Crippen LogP) is 0.197. The van der Waals surface area contributed by atoms with Crippen molar-refractivity contribution in [1.29, 1.82) is 0 Å². The molecule has 0 rings (SSSR count). The van der Waals surface area contributed by atoms with Gasteiger partial charge in [-0.15, -0.1) is 0 Å². The summed E-state index contributed by atoms with van der Waals surface area (Å²) in [4.78, 5) is 23.8. The highest BCUT2D eigenvalue weighted by Gasteiger charge is 2.09. The van der Waals surface area contributed by atoms with Gasteiger partial charge in [0, 0.05) is 33.0 Å². The smallest absolute Gasteiger partial charge is 0.264 e. The third-order valence-electron chi connectivity index (χ3n) is 2.42. The van der Waals surface area contributed by atoms with E-state index in [0.29, 0.717) is 32.5 Å². The maximum absolute atomic E-state index is 11.3. The van der Waals surface area contributed by atoms with E-state index in [2.05, 4.69) is 4.18 Å². The van der Waals surface area contributed by atoms with Gasteiger partial charge in [0.25, 0.3) is 10.1 Å². The summed E-state index contributed by atoms with van der Waals surface area (Å²) in [6.07, 6.45) is 1.95. The molecule has 0 aromatic heterocycles. The Labute approximate surface area is 120 Å². The van der Waals surface area contributed by atoms with E-state index in [-0.39, 0.29) is 24.9 Å². The molecule has 0 saturated carbocycles. The first-order valence-electron chi connectivity index (χ1n) is 6.39. The lowest BCUT2D eigenvalue weighted by Crippen LogP contribution is -2.32. The minimum atomic E-state index is -3.42. The van der Waals surface area contributed by atoms with Gasteiger partial charge < -0.3 is 9.64 Å². The predicted molar refractivity (Wildman–Crippen MR) is 73.8 cm³/mol. The van der Waals surface area contributed by atoms with Crippen LogP contribution in [0.5, 0.6) is 0 Å². The zero-order chi connectivity index (χ0) is 15.6. The summed E-state index contributed by atoms with van der Waals surface area (Å²) < 4.78 is 31.0. The maximum atomic E-state index is 11.3. The van der Waals surface area contributed by atoms with Crippen LogP contribution in [0.15, 0.2) is 0 Å². The van der Waals surface area contributed by atoms with Crippen molar-refractivity contribution in [2.45, 2.75) is 26.7 Å². The number of nitrogens with zero attached hydrogens (tertiary/aromatic N) is 1. The molecule has 7 nitrogen and oxygen atoms in total. The second kappa shape index (κ2) is 9.84. The van der Waals surface area contributed by atoms with E-state index in [0.717, 1.165) is 6.26 Å². The van der Waals surface area contributed by atoms with E-state index in [1.807, 2.05) is 0 Å². The lowest BCUT2D eigenvalue weighted by molar-refractivity contribution is -0.129. The lowest BCUT2D eigenvalue weighted by atomic mass is 10.3. The lowest BCUT2D eigenvalue weighted by Gasteiger charge is -2.20. The second-order valence-electron chi connectivity index (χ2n) is 4.45. The van der Waals surface area contributed by atoms with Gasteiger partial charge in [0.05, 0.1) is 19.5 Å². The molecule has 0 unspecified atom stereocenters. The number of hydrogen-bond acceptors (Lipinski definition) is 6. The molecule has 0 saturated heterocycles. The Balaban J connectivity index is 3.69. The fourth-order valence-electron chi connectivity index (χ4n) is 1.42. The molecule has 0 N–H and O–H groups in total. The average molecular weight is 309 g/mol. The van der Waals surface area contributed by atoms with Gasteiger partial charge >= 0.3 is 0 Å². The third-order valence-corrected chi connectivity index (χ3v) is 3.02. The van der Waals surface area contributed by atoms with E-state index in [9.17, 15) is 18.0 Å². The van der Waals surface area contributed by atoms with E-state index in [1.54, 1.807) is 4.90 Å². The number of hydrogen-bond donors (Lipinski definition) is 0. The van der Waals surface area contributed by atoms with Crippen LogP contribution in [0, 0.1) is 0 Å². The Morgan fingerprint density at radius 3 is 2.20 bits per heavy atom. The molecular formula is C12H23NO6S. The van der Waals surface area contributed by atoms with Crippen molar-refractivity contribution < 1.29 is 26.9 Å². The van der Waals surface area contributed by atoms with Gasteiger partial charge in [-0.25, -0.2) is 0 Å². The Morgan fingerprint density at radius 2 is 1.70 bits per heavy atom. The van der Waals surface area contributed by atoms with Crippen LogP contribution in [0.1, 0.15) is 26.7 Å². The van der Waals surface area contributed by atoms with Crippen molar-refractivity contribution in [3.63, 3.8) is 0 Å². The van der Waals surface area contributed by atoms with Crippen LogP contribution in [0.25, 0.3) is 0 Å². The molecular weight excluding hydrogens is 286 g/mol. The molecule has 118 valence electrons. The van der Waals surface area contributed by atoms with Crippen molar-refractivity contribution in [2.24, 2.45) is 0 Å². The number of carbonyl (C=O) groups excluding carboxylic acids is 2. The van der Waals surface area contributed by atoms with Gasteiger partial charge in [0.2, 0.25) is 5.91 Å². The molecule has 1 amide bonds. The van der Waals surface area contributed by atoms with Crippen LogP contribution >= 0.6 is 0 Å². The third kappa shape index (κ3) is 12.1. The van der Waals surface area contributed by atoms with Crippen molar-refractivity contribution in [2.75, 3.05) is 39.2 Å². The van der Waals surface area contributed by atoms with E-state index >= 15 is 0 Å². The molecule has 0 aromatic rings. The normalized spacial score (nSPS) is 11.3. The summed E-state index contributed by atoms with van der Waals surface area (Å²) in [6, 6.07) is 0. The molecule has 20 heavy (non-hydrogen) atoms. The monoisotopic (exact) mass is 309 g/mol. The molecule has 0 radical (unpaired) electrons. The van der Waals surface area contributed by atoms with E-state index in [1.165, 1.54) is 13.8 Å². The van der Waals surface area contributed by atoms with Crippen molar-refractivity contribution in [3.05, 3.63) is 0 Å². The zero-order valence-corrected chi connectivity index (χ0v) is 13.1. The van der Waals surface area contributed by atoms with Crippen molar-refractivity contribution in [1.82, 2.24) is 4.90 Å². The SMILES string of the molecule is CC(=O)CCN(CCCOCCOS(C)(=O)=O)C(C)=O. The average Bonchev–Trinajstić information content (AvgIpc) is 2.29. The maximum Gasteiger partial charge on any atom is 0.264 e. The minimum Gasteiger partial charge on any atom is -0.379 e. The summed E-state index contributed by atoms with van der Waals surface area (Å²) >= 11 is 0. The Morgan fingerprint density at radius 1 is 1.05 bits per heavy atom. The zero-order valence-electron chi connectivity index (χ0n) is 12.3.